The second-order valence-electron chi connectivity index (χ2n) is 6.90. The molecule has 0 bridgehead atoms. The fraction of sp³-hybridized carbons (Fsp3) is 0.625. The van der Waals surface area contributed by atoms with E-state index in [4.69, 9.17) is 10.5 Å². The van der Waals surface area contributed by atoms with E-state index in [1.54, 1.807) is 11.0 Å². The van der Waals surface area contributed by atoms with Crippen LogP contribution in [0.3, 0.4) is 0 Å². The molecule has 1 aromatic heterocycles. The van der Waals surface area contributed by atoms with Gasteiger partial charge in [0.05, 0.1) is 10.9 Å². The molecule has 122 valence electrons. The zero-order valence-corrected chi connectivity index (χ0v) is 14.4. The summed E-state index contributed by atoms with van der Waals surface area (Å²) in [5.41, 5.74) is 4.80. The fourth-order valence-corrected chi connectivity index (χ4v) is 3.64. The molecule has 6 heteroatoms. The number of piperidine rings is 1. The van der Waals surface area contributed by atoms with Crippen LogP contribution in [0.4, 0.5) is 4.79 Å². The first-order chi connectivity index (χ1) is 10.2. The highest BCUT2D eigenvalue weighted by molar-refractivity contribution is 7.14. The summed E-state index contributed by atoms with van der Waals surface area (Å²) in [6.07, 6.45) is 1.63. The van der Waals surface area contributed by atoms with Crippen molar-refractivity contribution >= 4 is 23.3 Å². The molecule has 1 aromatic rings. The number of ether oxygens (including phenoxy) is 1. The monoisotopic (exact) mass is 324 g/mol. The van der Waals surface area contributed by atoms with E-state index in [0.717, 1.165) is 17.7 Å². The largest absolute Gasteiger partial charge is 0.444 e. The maximum atomic E-state index is 12.5. The average Bonchev–Trinajstić information content (AvgIpc) is 2.86. The number of amides is 2. The van der Waals surface area contributed by atoms with Crippen molar-refractivity contribution in [3.05, 3.63) is 21.9 Å². The summed E-state index contributed by atoms with van der Waals surface area (Å²) in [4.78, 5) is 27.1. The molecule has 2 amide bonds. The lowest BCUT2D eigenvalue weighted by Crippen LogP contribution is -2.44. The maximum absolute atomic E-state index is 12.5. The zero-order chi connectivity index (χ0) is 16.5. The van der Waals surface area contributed by atoms with Crippen molar-refractivity contribution in [2.75, 3.05) is 6.54 Å². The summed E-state index contributed by atoms with van der Waals surface area (Å²) >= 11 is 1.36. The molecule has 22 heavy (non-hydrogen) atoms. The van der Waals surface area contributed by atoms with Gasteiger partial charge in [-0.15, -0.1) is 11.3 Å². The number of rotatable bonds is 2. The van der Waals surface area contributed by atoms with Crippen molar-refractivity contribution in [3.63, 3.8) is 0 Å². The van der Waals surface area contributed by atoms with Gasteiger partial charge in [-0.2, -0.15) is 0 Å². The predicted molar refractivity (Wildman–Crippen MR) is 86.9 cm³/mol. The molecule has 1 fully saturated rings. The number of hydrogen-bond donors (Lipinski definition) is 1. The van der Waals surface area contributed by atoms with Crippen molar-refractivity contribution in [2.24, 2.45) is 11.7 Å². The molecule has 2 heterocycles. The van der Waals surface area contributed by atoms with E-state index < -0.39 is 11.5 Å². The molecule has 1 aliphatic heterocycles. The van der Waals surface area contributed by atoms with E-state index in [1.165, 1.54) is 11.3 Å². The summed E-state index contributed by atoms with van der Waals surface area (Å²) in [7, 11) is 0. The molecule has 2 rings (SSSR count). The van der Waals surface area contributed by atoms with Crippen LogP contribution in [0.5, 0.6) is 0 Å². The van der Waals surface area contributed by atoms with Crippen LogP contribution in [0.1, 0.15) is 61.1 Å². The highest BCUT2D eigenvalue weighted by Gasteiger charge is 2.34. The Balaban J connectivity index is 2.22. The van der Waals surface area contributed by atoms with Crippen LogP contribution in [0.15, 0.2) is 12.1 Å². The van der Waals surface area contributed by atoms with Crippen LogP contribution in [0, 0.1) is 5.92 Å². The van der Waals surface area contributed by atoms with Crippen LogP contribution >= 0.6 is 11.3 Å². The molecule has 0 radical (unpaired) electrons. The van der Waals surface area contributed by atoms with Gasteiger partial charge in [-0.25, -0.2) is 4.79 Å². The highest BCUT2D eigenvalue weighted by atomic mass is 32.1. The molecule has 0 aromatic carbocycles. The number of thiophene rings is 1. The smallest absolute Gasteiger partial charge is 0.410 e. The number of primary amides is 1. The molecular formula is C16H24N2O3S. The van der Waals surface area contributed by atoms with Crippen molar-refractivity contribution in [2.45, 2.75) is 52.2 Å². The van der Waals surface area contributed by atoms with Crippen LogP contribution in [-0.2, 0) is 4.74 Å². The minimum atomic E-state index is -0.518. The van der Waals surface area contributed by atoms with E-state index in [2.05, 4.69) is 6.92 Å². The average molecular weight is 324 g/mol. The lowest BCUT2D eigenvalue weighted by atomic mass is 9.93. The van der Waals surface area contributed by atoms with Gasteiger partial charge in [0.25, 0.3) is 5.91 Å². The summed E-state index contributed by atoms with van der Waals surface area (Å²) in [5.74, 6) is 0.0172. The first-order valence-electron chi connectivity index (χ1n) is 7.56. The number of nitrogens with zero attached hydrogens (tertiary/aromatic N) is 1. The van der Waals surface area contributed by atoms with Gasteiger partial charge in [0.15, 0.2) is 0 Å². The van der Waals surface area contributed by atoms with Crippen molar-refractivity contribution in [1.82, 2.24) is 4.90 Å². The van der Waals surface area contributed by atoms with Gasteiger partial charge >= 0.3 is 6.09 Å². The van der Waals surface area contributed by atoms with Gasteiger partial charge in [0, 0.05) is 11.4 Å². The third-order valence-corrected chi connectivity index (χ3v) is 4.84. The van der Waals surface area contributed by atoms with E-state index in [-0.39, 0.29) is 12.1 Å². The van der Waals surface area contributed by atoms with Gasteiger partial charge < -0.3 is 15.4 Å². The van der Waals surface area contributed by atoms with Gasteiger partial charge in [-0.05, 0) is 51.7 Å². The summed E-state index contributed by atoms with van der Waals surface area (Å²) in [6.45, 7) is 8.40. The first-order valence-corrected chi connectivity index (χ1v) is 8.38. The minimum absolute atomic E-state index is 0.0378. The Bertz CT molecular complexity index is 562. The lowest BCUT2D eigenvalue weighted by Gasteiger charge is -2.38. The van der Waals surface area contributed by atoms with Crippen molar-refractivity contribution < 1.29 is 14.3 Å². The number of carbonyl (C=O) groups is 2. The van der Waals surface area contributed by atoms with Gasteiger partial charge in [0.2, 0.25) is 0 Å². The SMILES string of the molecule is CC1CC[C@@H](c2ccc(C(N)=O)s2)N(C(=O)OC(C)(C)C)C1. The van der Waals surface area contributed by atoms with Crippen LogP contribution < -0.4 is 5.73 Å². The fourth-order valence-electron chi connectivity index (χ4n) is 2.64. The molecule has 2 atom stereocenters. The lowest BCUT2D eigenvalue weighted by molar-refractivity contribution is 0.00411. The Morgan fingerprint density at radius 3 is 2.55 bits per heavy atom. The Morgan fingerprint density at radius 2 is 2.00 bits per heavy atom. The van der Waals surface area contributed by atoms with E-state index in [0.29, 0.717) is 17.3 Å². The van der Waals surface area contributed by atoms with E-state index in [9.17, 15) is 9.59 Å². The molecule has 1 saturated heterocycles. The first kappa shape index (κ1) is 16.8. The van der Waals surface area contributed by atoms with Crippen molar-refractivity contribution in [1.29, 1.82) is 0 Å². The zero-order valence-electron chi connectivity index (χ0n) is 13.6. The molecule has 0 spiro atoms. The quantitative estimate of drug-likeness (QED) is 0.904. The van der Waals surface area contributed by atoms with Crippen molar-refractivity contribution in [3.8, 4) is 0 Å². The molecule has 1 aliphatic rings. The van der Waals surface area contributed by atoms with Gasteiger partial charge in [-0.3, -0.25) is 4.79 Å². The number of hydrogen-bond acceptors (Lipinski definition) is 4. The second-order valence-corrected chi connectivity index (χ2v) is 8.01. The maximum Gasteiger partial charge on any atom is 0.410 e. The minimum Gasteiger partial charge on any atom is -0.444 e. The Labute approximate surface area is 135 Å². The molecule has 0 aliphatic carbocycles. The third kappa shape index (κ3) is 4.00. The molecule has 0 saturated carbocycles. The molecular weight excluding hydrogens is 300 g/mol. The Hall–Kier alpha value is -1.56. The van der Waals surface area contributed by atoms with E-state index >= 15 is 0 Å². The highest BCUT2D eigenvalue weighted by Crippen LogP contribution is 2.37. The number of carbonyl (C=O) groups excluding carboxylic acids is 2. The van der Waals surface area contributed by atoms with Crippen LogP contribution in [-0.4, -0.2) is 29.0 Å². The van der Waals surface area contributed by atoms with E-state index in [1.807, 2.05) is 26.8 Å². The molecule has 2 N–H and O–H groups in total. The Morgan fingerprint density at radius 1 is 1.32 bits per heavy atom. The van der Waals surface area contributed by atoms with Gasteiger partial charge in [0.1, 0.15) is 5.60 Å². The summed E-state index contributed by atoms with van der Waals surface area (Å²) in [6, 6.07) is 3.58. The number of likely N-dealkylation sites (tertiary alicyclic amines) is 1. The standard InChI is InChI=1S/C16H24N2O3S/c1-10-5-6-11(12-7-8-13(22-12)14(17)19)18(9-10)15(20)21-16(2,3)4/h7-8,10-11H,5-6,9H2,1-4H3,(H2,17,19)/t10?,11-/m0/s1. The normalized spacial score (nSPS) is 22.5. The van der Waals surface area contributed by atoms with Crippen LogP contribution in [0.2, 0.25) is 0 Å². The molecule has 5 nitrogen and oxygen atoms in total. The Kier molecular flexibility index (Phi) is 4.80. The topological polar surface area (TPSA) is 72.6 Å². The van der Waals surface area contributed by atoms with Crippen LogP contribution in [0.25, 0.3) is 0 Å². The second kappa shape index (κ2) is 6.28. The predicted octanol–water partition coefficient (Wildman–Crippen LogP) is 3.56. The summed E-state index contributed by atoms with van der Waals surface area (Å²) in [5, 5.41) is 0. The van der Waals surface area contributed by atoms with Gasteiger partial charge in [-0.1, -0.05) is 6.92 Å². The number of nitrogens with two attached hydrogens (primary N) is 1. The summed E-state index contributed by atoms with van der Waals surface area (Å²) < 4.78 is 5.53. The molecule has 1 unspecified atom stereocenters. The third-order valence-electron chi connectivity index (χ3n) is 3.64.